The number of aromatic nitrogens is 2. The number of ether oxygens (including phenoxy) is 1. The van der Waals surface area contributed by atoms with Crippen LogP contribution in [-0.4, -0.2) is 34.7 Å². The van der Waals surface area contributed by atoms with Gasteiger partial charge in [-0.2, -0.15) is 4.37 Å². The lowest BCUT2D eigenvalue weighted by Crippen LogP contribution is -2.50. The van der Waals surface area contributed by atoms with Crippen molar-refractivity contribution in [2.24, 2.45) is 0 Å². The Morgan fingerprint density at radius 2 is 2.11 bits per heavy atom. The van der Waals surface area contributed by atoms with Crippen molar-refractivity contribution in [3.8, 4) is 0 Å². The van der Waals surface area contributed by atoms with Crippen LogP contribution in [0.2, 0.25) is 0 Å². The third kappa shape index (κ3) is 2.26. The third-order valence-electron chi connectivity index (χ3n) is 3.98. The Morgan fingerprint density at radius 1 is 1.33 bits per heavy atom. The van der Waals surface area contributed by atoms with Crippen LogP contribution in [-0.2, 0) is 4.74 Å². The van der Waals surface area contributed by atoms with Crippen LogP contribution in [0.5, 0.6) is 0 Å². The normalized spacial score (nSPS) is 23.2. The van der Waals surface area contributed by atoms with Crippen molar-refractivity contribution in [2.75, 3.05) is 24.6 Å². The van der Waals surface area contributed by atoms with E-state index >= 15 is 0 Å². The molecule has 1 aliphatic carbocycles. The average molecular weight is 267 g/mol. The van der Waals surface area contributed by atoms with E-state index in [0.717, 1.165) is 30.7 Å². The predicted molar refractivity (Wildman–Crippen MR) is 73.4 cm³/mol. The lowest BCUT2D eigenvalue weighted by atomic mass is 10.0. The quantitative estimate of drug-likeness (QED) is 0.826. The van der Waals surface area contributed by atoms with Crippen LogP contribution in [0.25, 0.3) is 0 Å². The molecule has 100 valence electrons. The van der Waals surface area contributed by atoms with Gasteiger partial charge in [0.15, 0.2) is 0 Å². The minimum atomic E-state index is 0.113. The van der Waals surface area contributed by atoms with Crippen molar-refractivity contribution in [3.63, 3.8) is 0 Å². The Bertz CT molecular complexity index is 412. The third-order valence-corrected chi connectivity index (χ3v) is 4.77. The molecule has 0 atom stereocenters. The Balaban J connectivity index is 1.75. The molecule has 18 heavy (non-hydrogen) atoms. The van der Waals surface area contributed by atoms with E-state index in [9.17, 15) is 0 Å². The molecule has 0 bridgehead atoms. The zero-order valence-corrected chi connectivity index (χ0v) is 12.0. The minimum Gasteiger partial charge on any atom is -0.371 e. The molecule has 1 saturated heterocycles. The smallest absolute Gasteiger partial charge is 0.205 e. The topological polar surface area (TPSA) is 38.2 Å². The monoisotopic (exact) mass is 267 g/mol. The molecule has 5 heteroatoms. The van der Waals surface area contributed by atoms with Crippen LogP contribution in [0, 0.1) is 0 Å². The molecule has 1 aromatic heterocycles. The zero-order valence-electron chi connectivity index (χ0n) is 11.2. The predicted octanol–water partition coefficient (Wildman–Crippen LogP) is 2.81. The highest BCUT2D eigenvalue weighted by Crippen LogP contribution is 2.37. The first-order valence-electron chi connectivity index (χ1n) is 6.91. The molecule has 1 saturated carbocycles. The summed E-state index contributed by atoms with van der Waals surface area (Å²) in [5, 5.41) is 1.08. The van der Waals surface area contributed by atoms with Crippen molar-refractivity contribution < 1.29 is 4.74 Å². The van der Waals surface area contributed by atoms with E-state index in [-0.39, 0.29) is 5.60 Å². The van der Waals surface area contributed by atoms with E-state index in [4.69, 9.17) is 4.74 Å². The Labute approximate surface area is 113 Å². The molecule has 2 heterocycles. The average Bonchev–Trinajstić information content (AvgIpc) is 2.98. The van der Waals surface area contributed by atoms with E-state index < -0.39 is 0 Å². The van der Waals surface area contributed by atoms with E-state index in [0.29, 0.717) is 5.92 Å². The van der Waals surface area contributed by atoms with Crippen LogP contribution in [0.3, 0.4) is 0 Å². The van der Waals surface area contributed by atoms with Gasteiger partial charge in [-0.15, -0.1) is 0 Å². The maximum atomic E-state index is 6.05. The summed E-state index contributed by atoms with van der Waals surface area (Å²) in [5.41, 5.74) is 0.113. The molecular formula is C13H21N3OS. The van der Waals surface area contributed by atoms with Crippen molar-refractivity contribution >= 4 is 16.7 Å². The molecule has 1 spiro atoms. The summed E-state index contributed by atoms with van der Waals surface area (Å²) in [4.78, 5) is 7.04. The molecule has 0 amide bonds. The van der Waals surface area contributed by atoms with Gasteiger partial charge in [-0.05, 0) is 12.8 Å². The first kappa shape index (κ1) is 12.4. The lowest BCUT2D eigenvalue weighted by Gasteiger charge is -2.40. The molecular weight excluding hydrogens is 246 g/mol. The van der Waals surface area contributed by atoms with Crippen molar-refractivity contribution in [2.45, 2.75) is 51.0 Å². The van der Waals surface area contributed by atoms with Crippen molar-refractivity contribution in [1.82, 2.24) is 9.36 Å². The minimum absolute atomic E-state index is 0.113. The van der Waals surface area contributed by atoms with E-state index in [1.54, 1.807) is 0 Å². The maximum Gasteiger partial charge on any atom is 0.205 e. The van der Waals surface area contributed by atoms with E-state index in [2.05, 4.69) is 28.1 Å². The van der Waals surface area contributed by atoms with Gasteiger partial charge in [0.05, 0.1) is 12.2 Å². The SMILES string of the molecule is CC(C)c1nsc(N2CCOC3(CCCC3)C2)n1. The Hall–Kier alpha value is -0.680. The van der Waals surface area contributed by atoms with Crippen molar-refractivity contribution in [1.29, 1.82) is 0 Å². The van der Waals surface area contributed by atoms with Gasteiger partial charge in [0.1, 0.15) is 5.82 Å². The van der Waals surface area contributed by atoms with Crippen LogP contribution in [0.4, 0.5) is 5.13 Å². The second kappa shape index (κ2) is 4.78. The lowest BCUT2D eigenvalue weighted by molar-refractivity contribution is -0.0501. The summed E-state index contributed by atoms with van der Waals surface area (Å²) >= 11 is 1.54. The van der Waals surface area contributed by atoms with Gasteiger partial charge >= 0.3 is 0 Å². The highest BCUT2D eigenvalue weighted by atomic mass is 32.1. The summed E-state index contributed by atoms with van der Waals surface area (Å²) in [6.07, 6.45) is 5.03. The molecule has 2 aliphatic rings. The molecule has 2 fully saturated rings. The van der Waals surface area contributed by atoms with Gasteiger partial charge in [-0.1, -0.05) is 26.7 Å². The van der Waals surface area contributed by atoms with Gasteiger partial charge in [0.2, 0.25) is 5.13 Å². The molecule has 0 radical (unpaired) electrons. The highest BCUT2D eigenvalue weighted by molar-refractivity contribution is 7.09. The number of hydrogen-bond acceptors (Lipinski definition) is 5. The number of nitrogens with zero attached hydrogens (tertiary/aromatic N) is 3. The van der Waals surface area contributed by atoms with Gasteiger partial charge in [0.25, 0.3) is 0 Å². The number of morpholine rings is 1. The van der Waals surface area contributed by atoms with E-state index in [1.807, 2.05) is 0 Å². The van der Waals surface area contributed by atoms with Gasteiger partial charge in [-0.25, -0.2) is 4.98 Å². The number of rotatable bonds is 2. The fourth-order valence-corrected chi connectivity index (χ4v) is 3.75. The van der Waals surface area contributed by atoms with Gasteiger partial charge in [-0.3, -0.25) is 0 Å². The second-order valence-corrected chi connectivity index (χ2v) is 6.48. The maximum absolute atomic E-state index is 6.05. The van der Waals surface area contributed by atoms with Crippen LogP contribution >= 0.6 is 11.5 Å². The molecule has 1 aliphatic heterocycles. The Morgan fingerprint density at radius 3 is 2.78 bits per heavy atom. The summed E-state index contributed by atoms with van der Waals surface area (Å²) < 4.78 is 10.5. The first-order chi connectivity index (χ1) is 8.69. The number of anilines is 1. The van der Waals surface area contributed by atoms with Crippen LogP contribution in [0.1, 0.15) is 51.3 Å². The summed E-state index contributed by atoms with van der Waals surface area (Å²) in [6.45, 7) is 7.07. The summed E-state index contributed by atoms with van der Waals surface area (Å²) in [5.74, 6) is 1.39. The molecule has 0 aromatic carbocycles. The molecule has 0 unspecified atom stereocenters. The first-order valence-corrected chi connectivity index (χ1v) is 7.68. The number of hydrogen-bond donors (Lipinski definition) is 0. The fourth-order valence-electron chi connectivity index (χ4n) is 2.92. The van der Waals surface area contributed by atoms with Crippen LogP contribution < -0.4 is 4.90 Å². The molecule has 1 aromatic rings. The largest absolute Gasteiger partial charge is 0.371 e. The molecule has 0 N–H and O–H groups in total. The standard InChI is InChI=1S/C13H21N3OS/c1-10(2)11-14-12(18-15-11)16-7-8-17-13(9-16)5-3-4-6-13/h10H,3-9H2,1-2H3. The molecule has 3 rings (SSSR count). The summed E-state index contributed by atoms with van der Waals surface area (Å²) in [7, 11) is 0. The van der Waals surface area contributed by atoms with E-state index in [1.165, 1.54) is 37.2 Å². The second-order valence-electron chi connectivity index (χ2n) is 5.75. The van der Waals surface area contributed by atoms with Crippen molar-refractivity contribution in [3.05, 3.63) is 5.82 Å². The van der Waals surface area contributed by atoms with Gasteiger partial charge in [0, 0.05) is 30.5 Å². The summed E-state index contributed by atoms with van der Waals surface area (Å²) in [6, 6.07) is 0. The molecule has 4 nitrogen and oxygen atoms in total. The zero-order chi connectivity index (χ0) is 12.6. The van der Waals surface area contributed by atoms with Crippen LogP contribution in [0.15, 0.2) is 0 Å². The van der Waals surface area contributed by atoms with Gasteiger partial charge < -0.3 is 9.64 Å². The fraction of sp³-hybridized carbons (Fsp3) is 0.846. The Kier molecular flexibility index (Phi) is 3.28. The highest BCUT2D eigenvalue weighted by Gasteiger charge is 2.40.